The number of hydrogen-bond acceptors (Lipinski definition) is 11. The molecule has 12 nitrogen and oxygen atoms in total. The zero-order valence-corrected chi connectivity index (χ0v) is 36.8. The van der Waals surface area contributed by atoms with Crippen LogP contribution in [0.2, 0.25) is 0 Å². The number of aliphatic hydroxyl groups excluding tert-OH is 2. The van der Waals surface area contributed by atoms with Crippen molar-refractivity contribution in [3.63, 3.8) is 0 Å². The lowest BCUT2D eigenvalue weighted by atomic mass is 9.73. The molecule has 8 fully saturated rings. The van der Waals surface area contributed by atoms with Gasteiger partial charge in [0.2, 0.25) is 0 Å². The Bertz CT molecular complexity index is 1670. The van der Waals surface area contributed by atoms with Crippen molar-refractivity contribution in [2.24, 2.45) is 41.4 Å². The summed E-state index contributed by atoms with van der Waals surface area (Å²) in [7, 11) is 0. The molecule has 0 radical (unpaired) electrons. The number of carbonyl (C=O) groups is 1. The standard InChI is InChI=1S/C48H73NO11/c1-26-18-35-34-23-45(29(4)17-27(2)25-49-45)24-39(34)58-47(21-26,57-35)22-28(3)43-31(6)41(52)32(7)44(55-43)42(53)38-20-37-36(54-38)19-30(5)48(59-37)16-15-46(60-48)14-10-12-33(56-46)11-8-9-13-40(50)51/h8,10-12,26-27,29-39,41-44,49,52-53H,3,9,13-25H2,1-2,4-7H3,(H,50,51)/b11-8+/t26-,27+,29-,30+,31-,32+,33+,34-,35+,36+,37+,38?,39+,41+,42+,43+,44?,45+,46-,47+,48+/m0/s1. The average molecular weight is 840 g/mol. The van der Waals surface area contributed by atoms with Crippen LogP contribution in [0.1, 0.15) is 125 Å². The molecule has 0 aromatic carbocycles. The highest BCUT2D eigenvalue weighted by atomic mass is 16.8. The predicted octanol–water partition coefficient (Wildman–Crippen LogP) is 6.57. The number of aliphatic carboxylic acids is 1. The van der Waals surface area contributed by atoms with Crippen molar-refractivity contribution in [3.8, 4) is 0 Å². The van der Waals surface area contributed by atoms with E-state index in [1.807, 2.05) is 32.1 Å². The van der Waals surface area contributed by atoms with Crippen molar-refractivity contribution in [3.05, 3.63) is 36.5 Å². The van der Waals surface area contributed by atoms with Gasteiger partial charge in [0, 0.05) is 74.2 Å². The number of piperidine rings is 1. The van der Waals surface area contributed by atoms with Gasteiger partial charge in [-0.25, -0.2) is 0 Å². The first-order chi connectivity index (χ1) is 28.5. The second-order valence-corrected chi connectivity index (χ2v) is 21.3. The van der Waals surface area contributed by atoms with Crippen LogP contribution in [0.3, 0.4) is 0 Å². The van der Waals surface area contributed by atoms with E-state index in [9.17, 15) is 15.0 Å². The minimum Gasteiger partial charge on any atom is -0.481 e. The summed E-state index contributed by atoms with van der Waals surface area (Å²) in [5.74, 6) is -1.71. The minimum absolute atomic E-state index is 0.0232. The number of allylic oxidation sites excluding steroid dienone is 1. The van der Waals surface area contributed by atoms with Crippen molar-refractivity contribution in [1.82, 2.24) is 5.32 Å². The topological polar surface area (TPSA) is 154 Å². The largest absolute Gasteiger partial charge is 0.481 e. The van der Waals surface area contributed by atoms with Gasteiger partial charge in [-0.2, -0.15) is 0 Å². The van der Waals surface area contributed by atoms with Crippen molar-refractivity contribution in [2.75, 3.05) is 6.54 Å². The first kappa shape index (κ1) is 43.5. The fraction of sp³-hybridized carbons (Fsp3) is 0.854. The van der Waals surface area contributed by atoms with Gasteiger partial charge in [0.05, 0.1) is 54.9 Å². The molecule has 3 spiro atoms. The molecule has 336 valence electrons. The molecule has 21 atom stereocenters. The Morgan fingerprint density at radius 1 is 0.883 bits per heavy atom. The van der Waals surface area contributed by atoms with Gasteiger partial charge in [-0.05, 0) is 68.4 Å². The maximum absolute atomic E-state index is 12.1. The lowest BCUT2D eigenvalue weighted by Gasteiger charge is -2.53. The highest BCUT2D eigenvalue weighted by Crippen LogP contribution is 2.57. The molecule has 7 saturated heterocycles. The molecule has 60 heavy (non-hydrogen) atoms. The zero-order chi connectivity index (χ0) is 42.4. The molecule has 9 aliphatic rings. The second-order valence-electron chi connectivity index (χ2n) is 21.3. The van der Waals surface area contributed by atoms with Gasteiger partial charge in [0.25, 0.3) is 0 Å². The van der Waals surface area contributed by atoms with Crippen LogP contribution in [-0.4, -0.2) is 112 Å². The Morgan fingerprint density at radius 3 is 2.47 bits per heavy atom. The number of ether oxygens (including phenoxy) is 7. The van der Waals surface area contributed by atoms with Crippen molar-refractivity contribution in [2.45, 2.75) is 209 Å². The molecule has 1 saturated carbocycles. The van der Waals surface area contributed by atoms with Gasteiger partial charge < -0.3 is 53.8 Å². The summed E-state index contributed by atoms with van der Waals surface area (Å²) >= 11 is 0. The van der Waals surface area contributed by atoms with E-state index in [1.165, 1.54) is 6.42 Å². The number of nitrogens with one attached hydrogen (secondary N) is 1. The summed E-state index contributed by atoms with van der Waals surface area (Å²) in [4.78, 5) is 11.0. The number of carboxylic acids is 1. The zero-order valence-electron chi connectivity index (χ0n) is 36.8. The van der Waals surface area contributed by atoms with Crippen LogP contribution in [0.5, 0.6) is 0 Å². The molecule has 4 N–H and O–H groups in total. The van der Waals surface area contributed by atoms with E-state index in [1.54, 1.807) is 0 Å². The van der Waals surface area contributed by atoms with E-state index in [-0.39, 0.29) is 60.2 Å². The van der Waals surface area contributed by atoms with Crippen LogP contribution in [-0.2, 0) is 38.0 Å². The monoisotopic (exact) mass is 840 g/mol. The lowest BCUT2D eigenvalue weighted by molar-refractivity contribution is -0.365. The van der Waals surface area contributed by atoms with E-state index in [0.717, 1.165) is 44.2 Å². The highest BCUT2D eigenvalue weighted by molar-refractivity contribution is 5.66. The summed E-state index contributed by atoms with van der Waals surface area (Å²) in [6.07, 6.45) is 13.3. The fourth-order valence-corrected chi connectivity index (χ4v) is 13.5. The van der Waals surface area contributed by atoms with Gasteiger partial charge in [-0.3, -0.25) is 4.79 Å². The number of carboxylic acid groups (broad SMARTS) is 1. The average Bonchev–Trinajstić information content (AvgIpc) is 3.88. The Labute approximate surface area is 357 Å². The highest BCUT2D eigenvalue weighted by Gasteiger charge is 2.63. The van der Waals surface area contributed by atoms with E-state index >= 15 is 0 Å². The molecule has 0 amide bonds. The van der Waals surface area contributed by atoms with Gasteiger partial charge in [0.15, 0.2) is 17.4 Å². The molecule has 0 aromatic rings. The smallest absolute Gasteiger partial charge is 0.303 e. The third-order valence-corrected chi connectivity index (χ3v) is 16.7. The summed E-state index contributed by atoms with van der Waals surface area (Å²) < 4.78 is 47.9. The Hall–Kier alpha value is -1.71. The molecule has 9 rings (SSSR count). The summed E-state index contributed by atoms with van der Waals surface area (Å²) in [5.41, 5.74) is 0.938. The van der Waals surface area contributed by atoms with Gasteiger partial charge >= 0.3 is 5.97 Å². The van der Waals surface area contributed by atoms with Crippen molar-refractivity contribution >= 4 is 5.97 Å². The molecular weight excluding hydrogens is 767 g/mol. The minimum atomic E-state index is -0.989. The fourth-order valence-electron chi connectivity index (χ4n) is 13.5. The summed E-state index contributed by atoms with van der Waals surface area (Å²) in [6, 6.07) is 0. The van der Waals surface area contributed by atoms with Crippen LogP contribution >= 0.6 is 0 Å². The van der Waals surface area contributed by atoms with E-state index < -0.39 is 53.9 Å². The molecule has 8 heterocycles. The summed E-state index contributed by atoms with van der Waals surface area (Å²) in [6.45, 7) is 18.8. The maximum Gasteiger partial charge on any atom is 0.303 e. The molecule has 0 aromatic heterocycles. The van der Waals surface area contributed by atoms with E-state index in [4.69, 9.17) is 38.3 Å². The Balaban J connectivity index is 0.842. The first-order valence-electron chi connectivity index (χ1n) is 23.6. The second kappa shape index (κ2) is 16.4. The predicted molar refractivity (Wildman–Crippen MR) is 222 cm³/mol. The Kier molecular flexibility index (Phi) is 11.9. The molecule has 12 heteroatoms. The molecular formula is C48H73NO11. The number of rotatable bonds is 9. The third kappa shape index (κ3) is 7.93. The number of hydrogen-bond donors (Lipinski definition) is 4. The van der Waals surface area contributed by atoms with Crippen LogP contribution in [0.4, 0.5) is 0 Å². The normalized spacial score (nSPS) is 52.9. The molecule has 2 bridgehead atoms. The molecule has 8 aliphatic heterocycles. The van der Waals surface area contributed by atoms with Crippen molar-refractivity contribution in [1.29, 1.82) is 0 Å². The van der Waals surface area contributed by atoms with Crippen LogP contribution in [0, 0.1) is 41.4 Å². The summed E-state index contributed by atoms with van der Waals surface area (Å²) in [5, 5.41) is 36.8. The van der Waals surface area contributed by atoms with Crippen LogP contribution < -0.4 is 5.32 Å². The van der Waals surface area contributed by atoms with Gasteiger partial charge in [-0.1, -0.05) is 72.4 Å². The SMILES string of the molecule is C=C(C[C@]12C[C@@H](C)C[C@@H](O1)[C@@H]1C[C@]3(C[C@H]1O2)NC[C@H](C)C[C@@H]3C)[C@H]1OC([C@H](O)C2C[C@H]3O[C@@]4(CC[C@]5(CC=C[C@@H](/C=C/CCC(=O)O)O5)O4)[C@H](C)C[C@H]3O2)[C@H](C)[C@H](O)[C@@H]1C. The molecule has 2 unspecified atom stereocenters. The third-order valence-electron chi connectivity index (χ3n) is 16.7. The quantitative estimate of drug-likeness (QED) is 0.186. The van der Waals surface area contributed by atoms with Gasteiger partial charge in [-0.15, -0.1) is 0 Å². The van der Waals surface area contributed by atoms with Crippen molar-refractivity contribution < 1.29 is 53.3 Å². The Morgan fingerprint density at radius 2 is 1.68 bits per heavy atom. The van der Waals surface area contributed by atoms with E-state index in [0.29, 0.717) is 62.2 Å². The maximum atomic E-state index is 12.1. The molecule has 1 aliphatic carbocycles. The first-order valence-corrected chi connectivity index (χ1v) is 23.6. The van der Waals surface area contributed by atoms with E-state index in [2.05, 4.69) is 45.7 Å². The van der Waals surface area contributed by atoms with Crippen LogP contribution in [0.25, 0.3) is 0 Å². The number of fused-ring (bicyclic) bond motifs is 5. The lowest BCUT2D eigenvalue weighted by Crippen LogP contribution is -2.58. The number of aliphatic hydroxyl groups is 2. The van der Waals surface area contributed by atoms with Gasteiger partial charge in [0.1, 0.15) is 6.10 Å². The van der Waals surface area contributed by atoms with Crippen LogP contribution in [0.15, 0.2) is 36.5 Å².